The summed E-state index contributed by atoms with van der Waals surface area (Å²) in [6.07, 6.45) is 0. The Bertz CT molecular complexity index is 705. The first-order valence-electron chi connectivity index (χ1n) is 6.43. The quantitative estimate of drug-likeness (QED) is 0.791. The van der Waals surface area contributed by atoms with Gasteiger partial charge < -0.3 is 11.1 Å². The molecule has 21 heavy (non-hydrogen) atoms. The van der Waals surface area contributed by atoms with E-state index >= 15 is 0 Å². The average molecular weight is 351 g/mol. The van der Waals surface area contributed by atoms with Crippen LogP contribution in [0.4, 0.5) is 15.8 Å². The minimum atomic E-state index is -0.547. The highest BCUT2D eigenvalue weighted by molar-refractivity contribution is 9.10. The molecule has 3 nitrogen and oxygen atoms in total. The highest BCUT2D eigenvalue weighted by Crippen LogP contribution is 2.26. The van der Waals surface area contributed by atoms with Gasteiger partial charge in [0.1, 0.15) is 5.82 Å². The van der Waals surface area contributed by atoms with Gasteiger partial charge in [-0.05, 0) is 61.7 Å². The van der Waals surface area contributed by atoms with E-state index in [-0.39, 0.29) is 5.56 Å². The summed E-state index contributed by atoms with van der Waals surface area (Å²) in [6.45, 7) is 5.35. The van der Waals surface area contributed by atoms with Crippen LogP contribution in [0.3, 0.4) is 0 Å². The van der Waals surface area contributed by atoms with Crippen molar-refractivity contribution in [2.75, 3.05) is 11.1 Å². The van der Waals surface area contributed by atoms with Crippen molar-refractivity contribution >= 4 is 33.2 Å². The van der Waals surface area contributed by atoms with E-state index in [1.165, 1.54) is 12.1 Å². The van der Waals surface area contributed by atoms with E-state index in [0.29, 0.717) is 16.9 Å². The third kappa shape index (κ3) is 3.24. The lowest BCUT2D eigenvalue weighted by Gasteiger charge is -2.13. The van der Waals surface area contributed by atoms with Gasteiger partial charge in [0.15, 0.2) is 0 Å². The number of nitrogens with two attached hydrogens (primary N) is 1. The fourth-order valence-corrected chi connectivity index (χ4v) is 2.94. The molecule has 0 atom stereocenters. The molecule has 2 rings (SSSR count). The van der Waals surface area contributed by atoms with Crippen molar-refractivity contribution in [3.05, 3.63) is 56.8 Å². The van der Waals surface area contributed by atoms with Gasteiger partial charge in [0.2, 0.25) is 0 Å². The summed E-state index contributed by atoms with van der Waals surface area (Å²) in [7, 11) is 0. The Morgan fingerprint density at radius 1 is 1.10 bits per heavy atom. The highest BCUT2D eigenvalue weighted by atomic mass is 79.9. The zero-order valence-corrected chi connectivity index (χ0v) is 13.6. The Kier molecular flexibility index (Phi) is 4.32. The van der Waals surface area contributed by atoms with Crippen LogP contribution in [0.2, 0.25) is 0 Å². The van der Waals surface area contributed by atoms with Crippen molar-refractivity contribution < 1.29 is 9.18 Å². The van der Waals surface area contributed by atoms with E-state index in [1.807, 2.05) is 26.0 Å². The number of aryl methyl sites for hydroxylation is 3. The van der Waals surface area contributed by atoms with E-state index in [2.05, 4.69) is 21.2 Å². The van der Waals surface area contributed by atoms with E-state index < -0.39 is 11.7 Å². The molecule has 0 unspecified atom stereocenters. The number of rotatable bonds is 2. The predicted molar refractivity (Wildman–Crippen MR) is 87.1 cm³/mol. The molecule has 2 aromatic rings. The summed E-state index contributed by atoms with van der Waals surface area (Å²) in [6, 6.07) is 6.64. The molecular weight excluding hydrogens is 335 g/mol. The molecular formula is C16H16BrFN2O. The number of halogens is 2. The van der Waals surface area contributed by atoms with E-state index in [4.69, 9.17) is 5.73 Å². The first-order chi connectivity index (χ1) is 9.79. The van der Waals surface area contributed by atoms with Gasteiger partial charge in [-0.25, -0.2) is 4.39 Å². The van der Waals surface area contributed by atoms with Crippen molar-refractivity contribution in [2.24, 2.45) is 0 Å². The number of carbonyl (C=O) groups is 1. The highest BCUT2D eigenvalue weighted by Gasteiger charge is 2.16. The normalized spacial score (nSPS) is 10.5. The standard InChI is InChI=1S/C16H16BrFN2O/c1-8-6-12(19)7-13(14(8)18)16(21)20-15-9(2)4-11(17)5-10(15)3/h4-7H,19H2,1-3H3,(H,20,21). The maximum absolute atomic E-state index is 14.1. The monoisotopic (exact) mass is 350 g/mol. The lowest BCUT2D eigenvalue weighted by molar-refractivity contribution is 0.102. The molecule has 0 spiro atoms. The number of nitrogen functional groups attached to an aromatic ring is 1. The molecule has 0 saturated carbocycles. The van der Waals surface area contributed by atoms with E-state index in [1.54, 1.807) is 6.92 Å². The lowest BCUT2D eigenvalue weighted by atomic mass is 10.1. The SMILES string of the molecule is Cc1cc(N)cc(C(=O)Nc2c(C)cc(Br)cc2C)c1F. The van der Waals surface area contributed by atoms with Crippen LogP contribution in [-0.2, 0) is 0 Å². The van der Waals surface area contributed by atoms with Crippen LogP contribution in [0, 0.1) is 26.6 Å². The lowest BCUT2D eigenvalue weighted by Crippen LogP contribution is -2.16. The number of amides is 1. The molecule has 2 aromatic carbocycles. The van der Waals surface area contributed by atoms with Crippen molar-refractivity contribution in [2.45, 2.75) is 20.8 Å². The van der Waals surface area contributed by atoms with Crippen LogP contribution in [0.5, 0.6) is 0 Å². The Balaban J connectivity index is 2.40. The molecule has 0 aliphatic heterocycles. The maximum atomic E-state index is 14.1. The van der Waals surface area contributed by atoms with Crippen molar-refractivity contribution in [3.63, 3.8) is 0 Å². The summed E-state index contributed by atoms with van der Waals surface area (Å²) >= 11 is 3.40. The van der Waals surface area contributed by atoms with Gasteiger partial charge in [-0.15, -0.1) is 0 Å². The minimum Gasteiger partial charge on any atom is -0.399 e. The first kappa shape index (κ1) is 15.5. The summed E-state index contributed by atoms with van der Waals surface area (Å²) < 4.78 is 15.0. The zero-order chi connectivity index (χ0) is 15.7. The summed E-state index contributed by atoms with van der Waals surface area (Å²) in [5.74, 6) is -1.05. The second-order valence-electron chi connectivity index (χ2n) is 5.07. The molecule has 0 saturated heterocycles. The Morgan fingerprint density at radius 3 is 2.24 bits per heavy atom. The number of anilines is 2. The van der Waals surface area contributed by atoms with Gasteiger partial charge in [-0.1, -0.05) is 15.9 Å². The second-order valence-corrected chi connectivity index (χ2v) is 5.98. The van der Waals surface area contributed by atoms with Gasteiger partial charge >= 0.3 is 0 Å². The summed E-state index contributed by atoms with van der Waals surface area (Å²) in [5, 5.41) is 2.76. The molecule has 110 valence electrons. The van der Waals surface area contributed by atoms with Crippen molar-refractivity contribution in [1.29, 1.82) is 0 Å². The zero-order valence-electron chi connectivity index (χ0n) is 12.1. The van der Waals surface area contributed by atoms with Crippen LogP contribution < -0.4 is 11.1 Å². The summed E-state index contributed by atoms with van der Waals surface area (Å²) in [5.41, 5.74) is 8.84. The number of benzene rings is 2. The smallest absolute Gasteiger partial charge is 0.258 e. The number of carbonyl (C=O) groups excluding carboxylic acids is 1. The molecule has 0 aliphatic carbocycles. The van der Waals surface area contributed by atoms with Gasteiger partial charge in [0.25, 0.3) is 5.91 Å². The minimum absolute atomic E-state index is 0.0470. The molecule has 3 N–H and O–H groups in total. The molecule has 0 fully saturated rings. The second kappa shape index (κ2) is 5.85. The summed E-state index contributed by atoms with van der Waals surface area (Å²) in [4.78, 5) is 12.3. The van der Waals surface area contributed by atoms with Crippen molar-refractivity contribution in [3.8, 4) is 0 Å². The van der Waals surface area contributed by atoms with Crippen LogP contribution in [0.15, 0.2) is 28.7 Å². The number of hydrogen-bond donors (Lipinski definition) is 2. The van der Waals surface area contributed by atoms with Gasteiger partial charge in [-0.2, -0.15) is 0 Å². The molecule has 0 radical (unpaired) electrons. The molecule has 0 aromatic heterocycles. The van der Waals surface area contributed by atoms with Gasteiger partial charge in [0, 0.05) is 15.8 Å². The molecule has 0 heterocycles. The van der Waals surface area contributed by atoms with Gasteiger partial charge in [-0.3, -0.25) is 4.79 Å². The molecule has 0 aliphatic rings. The third-order valence-corrected chi connectivity index (χ3v) is 3.72. The predicted octanol–water partition coefficient (Wildman–Crippen LogP) is 4.35. The fourth-order valence-electron chi connectivity index (χ4n) is 2.25. The van der Waals surface area contributed by atoms with Crippen LogP contribution in [-0.4, -0.2) is 5.91 Å². The van der Waals surface area contributed by atoms with E-state index in [9.17, 15) is 9.18 Å². The number of hydrogen-bond acceptors (Lipinski definition) is 2. The largest absolute Gasteiger partial charge is 0.399 e. The van der Waals surface area contributed by atoms with E-state index in [0.717, 1.165) is 15.6 Å². The van der Waals surface area contributed by atoms with Crippen molar-refractivity contribution in [1.82, 2.24) is 0 Å². The molecule has 1 amide bonds. The van der Waals surface area contributed by atoms with Crippen LogP contribution >= 0.6 is 15.9 Å². The topological polar surface area (TPSA) is 55.1 Å². The Labute approximate surface area is 131 Å². The van der Waals surface area contributed by atoms with Gasteiger partial charge in [0.05, 0.1) is 5.56 Å². The average Bonchev–Trinajstić information content (AvgIpc) is 2.37. The fraction of sp³-hybridized carbons (Fsp3) is 0.188. The van der Waals surface area contributed by atoms with Crippen LogP contribution in [0.1, 0.15) is 27.0 Å². The first-order valence-corrected chi connectivity index (χ1v) is 7.22. The Hall–Kier alpha value is -1.88. The molecule has 0 bridgehead atoms. The number of nitrogens with one attached hydrogen (secondary N) is 1. The third-order valence-electron chi connectivity index (χ3n) is 3.26. The Morgan fingerprint density at radius 2 is 1.67 bits per heavy atom. The maximum Gasteiger partial charge on any atom is 0.258 e. The molecule has 5 heteroatoms. The van der Waals surface area contributed by atoms with Crippen LogP contribution in [0.25, 0.3) is 0 Å².